The minimum absolute atomic E-state index is 0.0233. The van der Waals surface area contributed by atoms with Crippen molar-refractivity contribution in [3.8, 4) is 6.07 Å². The Morgan fingerprint density at radius 2 is 2.41 bits per heavy atom. The molecular weight excluding hydrogens is 234 g/mol. The quantitative estimate of drug-likeness (QED) is 0.845. The lowest BCUT2D eigenvalue weighted by Gasteiger charge is -2.34. The highest BCUT2D eigenvalue weighted by Crippen LogP contribution is 2.25. The molecule has 1 amide bonds. The van der Waals surface area contributed by atoms with E-state index in [1.165, 1.54) is 0 Å². The number of hydrogen-bond acceptors (Lipinski definition) is 4. The zero-order chi connectivity index (χ0) is 12.3. The van der Waals surface area contributed by atoms with Crippen molar-refractivity contribution in [1.82, 2.24) is 0 Å². The summed E-state index contributed by atoms with van der Waals surface area (Å²) in [4.78, 5) is 13.6. The van der Waals surface area contributed by atoms with E-state index in [0.29, 0.717) is 17.9 Å². The molecule has 1 aromatic rings. The average Bonchev–Trinajstić information content (AvgIpc) is 2.38. The van der Waals surface area contributed by atoms with E-state index >= 15 is 0 Å². The summed E-state index contributed by atoms with van der Waals surface area (Å²) in [6.07, 6.45) is 0. The summed E-state index contributed by atoms with van der Waals surface area (Å²) in [5, 5.41) is 8.87. The summed E-state index contributed by atoms with van der Waals surface area (Å²) in [5.74, 6) is 1.39. The summed E-state index contributed by atoms with van der Waals surface area (Å²) in [6, 6.07) is 9.19. The predicted octanol–water partition coefficient (Wildman–Crippen LogP) is 0.965. The highest BCUT2D eigenvalue weighted by molar-refractivity contribution is 8.00. The van der Waals surface area contributed by atoms with Gasteiger partial charge in [0.2, 0.25) is 5.91 Å². The molecule has 1 heterocycles. The molecule has 1 unspecified atom stereocenters. The summed E-state index contributed by atoms with van der Waals surface area (Å²) < 4.78 is 0. The number of rotatable bonds is 2. The molecule has 0 bridgehead atoms. The molecule has 1 saturated heterocycles. The second-order valence-corrected chi connectivity index (χ2v) is 4.86. The average molecular weight is 247 g/mol. The molecule has 17 heavy (non-hydrogen) atoms. The minimum Gasteiger partial charge on any atom is -0.328 e. The molecule has 2 rings (SSSR count). The largest absolute Gasteiger partial charge is 0.328 e. The number of nitrogens with zero attached hydrogens (tertiary/aromatic N) is 2. The van der Waals surface area contributed by atoms with E-state index in [2.05, 4.69) is 6.07 Å². The zero-order valence-corrected chi connectivity index (χ0v) is 10.1. The lowest BCUT2D eigenvalue weighted by atomic mass is 10.1. The lowest BCUT2D eigenvalue weighted by molar-refractivity contribution is -0.116. The molecule has 1 aliphatic heterocycles. The summed E-state index contributed by atoms with van der Waals surface area (Å²) in [5.41, 5.74) is 7.02. The fourth-order valence-corrected chi connectivity index (χ4v) is 2.87. The monoisotopic (exact) mass is 247 g/mol. The smallest absolute Gasteiger partial charge is 0.237 e. The van der Waals surface area contributed by atoms with E-state index in [9.17, 15) is 4.79 Å². The fraction of sp³-hybridized carbons (Fsp3) is 0.333. The van der Waals surface area contributed by atoms with Crippen LogP contribution in [0.2, 0.25) is 0 Å². The zero-order valence-electron chi connectivity index (χ0n) is 9.30. The van der Waals surface area contributed by atoms with Crippen LogP contribution in [0.4, 0.5) is 5.69 Å². The Hall–Kier alpha value is -1.51. The predicted molar refractivity (Wildman–Crippen MR) is 68.8 cm³/mol. The first-order valence-corrected chi connectivity index (χ1v) is 6.51. The number of benzene rings is 1. The highest BCUT2D eigenvalue weighted by atomic mass is 32.2. The van der Waals surface area contributed by atoms with Gasteiger partial charge in [-0.2, -0.15) is 5.26 Å². The molecule has 1 aliphatic rings. The van der Waals surface area contributed by atoms with Crippen LogP contribution < -0.4 is 10.6 Å². The van der Waals surface area contributed by atoms with Crippen molar-refractivity contribution in [1.29, 1.82) is 5.26 Å². The minimum atomic E-state index is 0.0233. The second-order valence-electron chi connectivity index (χ2n) is 3.83. The van der Waals surface area contributed by atoms with Crippen LogP contribution in [0, 0.1) is 11.3 Å². The standard InChI is InChI=1S/C12H13N3OS/c13-5-9-2-1-3-10(4-9)15-11(6-14)7-17-8-12(15)16/h1-4,11H,6-8,14H2. The molecule has 2 N–H and O–H groups in total. The molecule has 0 aliphatic carbocycles. The van der Waals surface area contributed by atoms with Crippen LogP contribution in [0.25, 0.3) is 0 Å². The number of anilines is 1. The normalized spacial score (nSPS) is 20.1. The number of thioether (sulfide) groups is 1. The first-order valence-electron chi connectivity index (χ1n) is 5.36. The number of nitrogens with two attached hydrogens (primary N) is 1. The van der Waals surface area contributed by atoms with Gasteiger partial charge in [-0.25, -0.2) is 0 Å². The van der Waals surface area contributed by atoms with Gasteiger partial charge in [0.1, 0.15) is 0 Å². The van der Waals surface area contributed by atoms with E-state index in [0.717, 1.165) is 11.4 Å². The Morgan fingerprint density at radius 1 is 1.59 bits per heavy atom. The van der Waals surface area contributed by atoms with Gasteiger partial charge in [0, 0.05) is 18.0 Å². The van der Waals surface area contributed by atoms with Crippen molar-refractivity contribution in [2.75, 3.05) is 23.0 Å². The van der Waals surface area contributed by atoms with Crippen LogP contribution in [0.15, 0.2) is 24.3 Å². The number of hydrogen-bond donors (Lipinski definition) is 1. The first-order chi connectivity index (χ1) is 8.26. The van der Waals surface area contributed by atoms with Crippen molar-refractivity contribution in [3.63, 3.8) is 0 Å². The van der Waals surface area contributed by atoms with E-state index in [-0.39, 0.29) is 11.9 Å². The van der Waals surface area contributed by atoms with Crippen molar-refractivity contribution in [3.05, 3.63) is 29.8 Å². The topological polar surface area (TPSA) is 70.1 Å². The van der Waals surface area contributed by atoms with Crippen LogP contribution in [0.3, 0.4) is 0 Å². The fourth-order valence-electron chi connectivity index (χ4n) is 1.88. The summed E-state index contributed by atoms with van der Waals surface area (Å²) in [6.45, 7) is 0.440. The number of nitriles is 1. The van der Waals surface area contributed by atoms with Gasteiger partial charge in [0.15, 0.2) is 0 Å². The Labute approximate surface area is 104 Å². The highest BCUT2D eigenvalue weighted by Gasteiger charge is 2.28. The molecule has 1 aromatic carbocycles. The maximum Gasteiger partial charge on any atom is 0.237 e. The molecule has 1 fully saturated rings. The molecule has 5 heteroatoms. The van der Waals surface area contributed by atoms with Crippen molar-refractivity contribution >= 4 is 23.4 Å². The van der Waals surface area contributed by atoms with Gasteiger partial charge in [-0.15, -0.1) is 11.8 Å². The molecule has 0 saturated carbocycles. The van der Waals surface area contributed by atoms with Gasteiger partial charge >= 0.3 is 0 Å². The van der Waals surface area contributed by atoms with Crippen LogP contribution in [0.5, 0.6) is 0 Å². The summed E-state index contributed by atoms with van der Waals surface area (Å²) >= 11 is 1.61. The van der Waals surface area contributed by atoms with E-state index < -0.39 is 0 Å². The Morgan fingerprint density at radius 3 is 3.12 bits per heavy atom. The molecule has 0 aromatic heterocycles. The third kappa shape index (κ3) is 2.43. The van der Waals surface area contributed by atoms with E-state index in [1.54, 1.807) is 34.9 Å². The second kappa shape index (κ2) is 5.21. The molecule has 0 radical (unpaired) electrons. The molecule has 0 spiro atoms. The third-order valence-corrected chi connectivity index (χ3v) is 3.77. The molecule has 88 valence electrons. The van der Waals surface area contributed by atoms with E-state index in [1.807, 2.05) is 6.07 Å². The van der Waals surface area contributed by atoms with Gasteiger partial charge in [-0.1, -0.05) is 6.07 Å². The Kier molecular flexibility index (Phi) is 3.67. The van der Waals surface area contributed by atoms with E-state index in [4.69, 9.17) is 11.0 Å². The van der Waals surface area contributed by atoms with Gasteiger partial charge in [-0.3, -0.25) is 4.79 Å². The van der Waals surface area contributed by atoms with Crippen molar-refractivity contribution < 1.29 is 4.79 Å². The van der Waals surface area contributed by atoms with Crippen LogP contribution in [-0.2, 0) is 4.79 Å². The molecule has 4 nitrogen and oxygen atoms in total. The van der Waals surface area contributed by atoms with Gasteiger partial charge in [0.25, 0.3) is 0 Å². The van der Waals surface area contributed by atoms with Crippen LogP contribution in [0.1, 0.15) is 5.56 Å². The maximum atomic E-state index is 11.9. The maximum absolute atomic E-state index is 11.9. The SMILES string of the molecule is N#Cc1cccc(N2C(=O)CSCC2CN)c1. The summed E-state index contributed by atoms with van der Waals surface area (Å²) in [7, 11) is 0. The number of carbonyl (C=O) groups is 1. The third-order valence-electron chi connectivity index (χ3n) is 2.70. The Balaban J connectivity index is 2.35. The first kappa shape index (κ1) is 12.0. The van der Waals surface area contributed by atoms with Gasteiger partial charge in [0.05, 0.1) is 23.4 Å². The van der Waals surface area contributed by atoms with Crippen LogP contribution >= 0.6 is 11.8 Å². The van der Waals surface area contributed by atoms with Crippen molar-refractivity contribution in [2.24, 2.45) is 5.73 Å². The molecular formula is C12H13N3OS. The van der Waals surface area contributed by atoms with Gasteiger partial charge in [-0.05, 0) is 18.2 Å². The molecule has 1 atom stereocenters. The number of amides is 1. The van der Waals surface area contributed by atoms with Crippen LogP contribution in [-0.4, -0.2) is 30.0 Å². The number of carbonyl (C=O) groups excluding carboxylic acids is 1. The Bertz CT molecular complexity index is 469. The van der Waals surface area contributed by atoms with Gasteiger partial charge < -0.3 is 10.6 Å². The lowest BCUT2D eigenvalue weighted by Crippen LogP contribution is -2.50. The van der Waals surface area contributed by atoms with Crippen molar-refractivity contribution in [2.45, 2.75) is 6.04 Å².